The Hall–Kier alpha value is -2.94. The van der Waals surface area contributed by atoms with Crippen LogP contribution >= 0.6 is 0 Å². The summed E-state index contributed by atoms with van der Waals surface area (Å²) in [5.74, 6) is 0. The normalized spacial score (nSPS) is 10.2. The number of hydrogen-bond acceptors (Lipinski definition) is 1. The lowest BCUT2D eigenvalue weighted by Gasteiger charge is -2.25. The maximum atomic E-state index is 12.4. The van der Waals surface area contributed by atoms with E-state index in [0.29, 0.717) is 5.56 Å². The zero-order valence-electron chi connectivity index (χ0n) is 12.4. The van der Waals surface area contributed by atoms with Crippen molar-refractivity contribution < 1.29 is 8.78 Å². The van der Waals surface area contributed by atoms with Crippen molar-refractivity contribution in [1.29, 1.82) is 0 Å². The van der Waals surface area contributed by atoms with Crippen LogP contribution in [0.25, 0.3) is 6.08 Å². The first-order chi connectivity index (χ1) is 11.2. The summed E-state index contributed by atoms with van der Waals surface area (Å²) in [6, 6.07) is 26.9. The van der Waals surface area contributed by atoms with Crippen molar-refractivity contribution in [1.82, 2.24) is 0 Å². The SMILES string of the molecule is FC(F)=Cc1ccc(N(c2ccccc2)c2ccccc2)cc1. The molecule has 0 aliphatic rings. The Morgan fingerprint density at radius 3 is 1.48 bits per heavy atom. The fraction of sp³-hybridized carbons (Fsp3) is 0. The van der Waals surface area contributed by atoms with E-state index in [0.717, 1.165) is 23.1 Å². The Labute approximate surface area is 134 Å². The molecule has 3 rings (SSSR count). The topological polar surface area (TPSA) is 3.24 Å². The van der Waals surface area contributed by atoms with E-state index < -0.39 is 6.08 Å². The highest BCUT2D eigenvalue weighted by Gasteiger charge is 2.11. The summed E-state index contributed by atoms with van der Waals surface area (Å²) in [4.78, 5) is 2.08. The van der Waals surface area contributed by atoms with Crippen LogP contribution in [0, 0.1) is 0 Å². The molecular formula is C20H15F2N. The Morgan fingerprint density at radius 1 is 0.609 bits per heavy atom. The van der Waals surface area contributed by atoms with Crippen LogP contribution in [-0.2, 0) is 0 Å². The first-order valence-corrected chi connectivity index (χ1v) is 7.27. The lowest BCUT2D eigenvalue weighted by molar-refractivity contribution is 0.429. The van der Waals surface area contributed by atoms with Crippen molar-refractivity contribution in [3.8, 4) is 0 Å². The molecule has 0 saturated heterocycles. The summed E-state index contributed by atoms with van der Waals surface area (Å²) < 4.78 is 24.7. The summed E-state index contributed by atoms with van der Waals surface area (Å²) in [6.45, 7) is 0. The van der Waals surface area contributed by atoms with Crippen molar-refractivity contribution in [2.24, 2.45) is 0 Å². The van der Waals surface area contributed by atoms with Crippen molar-refractivity contribution >= 4 is 23.1 Å². The third kappa shape index (κ3) is 3.64. The van der Waals surface area contributed by atoms with Crippen LogP contribution in [0.2, 0.25) is 0 Å². The highest BCUT2D eigenvalue weighted by atomic mass is 19.3. The summed E-state index contributed by atoms with van der Waals surface area (Å²) >= 11 is 0. The number of benzene rings is 3. The first kappa shape index (κ1) is 15.0. The molecule has 0 fully saturated rings. The van der Waals surface area contributed by atoms with Crippen molar-refractivity contribution in [3.63, 3.8) is 0 Å². The Kier molecular flexibility index (Phi) is 4.48. The molecule has 3 aromatic rings. The average Bonchev–Trinajstić information content (AvgIpc) is 2.58. The predicted octanol–water partition coefficient (Wildman–Crippen LogP) is 6.39. The highest BCUT2D eigenvalue weighted by Crippen LogP contribution is 2.34. The summed E-state index contributed by atoms with van der Waals surface area (Å²) in [5, 5.41) is 0. The molecule has 0 aromatic heterocycles. The second-order valence-electron chi connectivity index (χ2n) is 5.03. The molecule has 0 aliphatic carbocycles. The Morgan fingerprint density at radius 2 is 1.04 bits per heavy atom. The molecule has 0 amide bonds. The van der Waals surface area contributed by atoms with E-state index in [1.54, 1.807) is 12.1 Å². The molecule has 114 valence electrons. The lowest BCUT2D eigenvalue weighted by atomic mass is 10.1. The molecule has 0 unspecified atom stereocenters. The Bertz CT molecular complexity index is 737. The van der Waals surface area contributed by atoms with Crippen LogP contribution in [0.15, 0.2) is 91.0 Å². The second-order valence-corrected chi connectivity index (χ2v) is 5.03. The molecule has 0 radical (unpaired) electrons. The van der Waals surface area contributed by atoms with Gasteiger partial charge >= 0.3 is 0 Å². The molecule has 0 spiro atoms. The van der Waals surface area contributed by atoms with Gasteiger partial charge in [-0.3, -0.25) is 0 Å². The van der Waals surface area contributed by atoms with Crippen molar-refractivity contribution in [3.05, 3.63) is 96.6 Å². The number of para-hydroxylation sites is 2. The van der Waals surface area contributed by atoms with E-state index in [1.165, 1.54) is 0 Å². The Balaban J connectivity index is 2.04. The van der Waals surface area contributed by atoms with Crippen molar-refractivity contribution in [2.75, 3.05) is 4.90 Å². The minimum absolute atomic E-state index is 0.481. The van der Waals surface area contributed by atoms with E-state index >= 15 is 0 Å². The smallest absolute Gasteiger partial charge is 0.270 e. The highest BCUT2D eigenvalue weighted by molar-refractivity contribution is 5.76. The summed E-state index contributed by atoms with van der Waals surface area (Å²) in [5.41, 5.74) is 3.42. The van der Waals surface area contributed by atoms with Crippen LogP contribution in [0.4, 0.5) is 25.8 Å². The summed E-state index contributed by atoms with van der Waals surface area (Å²) in [7, 11) is 0. The van der Waals surface area contributed by atoms with Crippen LogP contribution < -0.4 is 4.90 Å². The zero-order chi connectivity index (χ0) is 16.1. The number of anilines is 3. The fourth-order valence-corrected chi connectivity index (χ4v) is 2.45. The quantitative estimate of drug-likeness (QED) is 0.539. The molecule has 0 aliphatic heterocycles. The molecule has 0 heterocycles. The first-order valence-electron chi connectivity index (χ1n) is 7.27. The van der Waals surface area contributed by atoms with Crippen LogP contribution in [0.3, 0.4) is 0 Å². The van der Waals surface area contributed by atoms with Gasteiger partial charge in [0.15, 0.2) is 0 Å². The van der Waals surface area contributed by atoms with Gasteiger partial charge in [0.2, 0.25) is 0 Å². The van der Waals surface area contributed by atoms with Crippen LogP contribution in [0.5, 0.6) is 0 Å². The van der Waals surface area contributed by atoms with Crippen molar-refractivity contribution in [2.45, 2.75) is 0 Å². The number of halogens is 2. The third-order valence-electron chi connectivity index (χ3n) is 3.46. The monoisotopic (exact) mass is 307 g/mol. The molecule has 0 N–H and O–H groups in total. The van der Waals surface area contributed by atoms with Gasteiger partial charge in [0.25, 0.3) is 6.08 Å². The van der Waals surface area contributed by atoms with Gasteiger partial charge in [0, 0.05) is 23.1 Å². The lowest BCUT2D eigenvalue weighted by Crippen LogP contribution is -2.09. The maximum Gasteiger partial charge on any atom is 0.270 e. The zero-order valence-corrected chi connectivity index (χ0v) is 12.4. The number of hydrogen-bond donors (Lipinski definition) is 0. The molecule has 0 atom stereocenters. The van der Waals surface area contributed by atoms with Gasteiger partial charge in [-0.2, -0.15) is 8.78 Å². The summed E-state index contributed by atoms with van der Waals surface area (Å²) in [6.07, 6.45) is -0.834. The third-order valence-corrected chi connectivity index (χ3v) is 3.46. The van der Waals surface area contributed by atoms with Gasteiger partial charge < -0.3 is 4.90 Å². The van der Waals surface area contributed by atoms with E-state index in [4.69, 9.17) is 0 Å². The van der Waals surface area contributed by atoms with E-state index in [9.17, 15) is 8.78 Å². The second kappa shape index (κ2) is 6.88. The van der Waals surface area contributed by atoms with Crippen LogP contribution in [-0.4, -0.2) is 0 Å². The maximum absolute atomic E-state index is 12.4. The van der Waals surface area contributed by atoms with E-state index in [2.05, 4.69) is 4.90 Å². The molecule has 0 bridgehead atoms. The average molecular weight is 307 g/mol. The predicted molar refractivity (Wildman–Crippen MR) is 91.3 cm³/mol. The van der Waals surface area contributed by atoms with E-state index in [-0.39, 0.29) is 0 Å². The molecule has 3 aromatic carbocycles. The largest absolute Gasteiger partial charge is 0.311 e. The van der Waals surface area contributed by atoms with Gasteiger partial charge in [0.05, 0.1) is 0 Å². The molecule has 1 nitrogen and oxygen atoms in total. The van der Waals surface area contributed by atoms with Gasteiger partial charge in [-0.15, -0.1) is 0 Å². The molecule has 23 heavy (non-hydrogen) atoms. The number of rotatable bonds is 4. The van der Waals surface area contributed by atoms with Gasteiger partial charge in [-0.05, 0) is 42.0 Å². The van der Waals surface area contributed by atoms with Gasteiger partial charge in [-0.1, -0.05) is 48.5 Å². The number of nitrogens with zero attached hydrogens (tertiary/aromatic N) is 1. The fourth-order valence-electron chi connectivity index (χ4n) is 2.45. The van der Waals surface area contributed by atoms with Gasteiger partial charge in [-0.25, -0.2) is 0 Å². The molecular weight excluding hydrogens is 292 g/mol. The van der Waals surface area contributed by atoms with E-state index in [1.807, 2.05) is 72.8 Å². The standard InChI is InChI=1S/C20H15F2N/c21-20(22)15-16-11-13-19(14-12-16)23(17-7-3-1-4-8-17)18-9-5-2-6-10-18/h1-15H. The molecule has 3 heteroatoms. The van der Waals surface area contributed by atoms with Gasteiger partial charge in [0.1, 0.15) is 0 Å². The minimum atomic E-state index is -1.69. The molecule has 0 saturated carbocycles. The van der Waals surface area contributed by atoms with Crippen LogP contribution in [0.1, 0.15) is 5.56 Å². The minimum Gasteiger partial charge on any atom is -0.311 e.